The fourth-order valence-corrected chi connectivity index (χ4v) is 5.40. The van der Waals surface area contributed by atoms with Gasteiger partial charge in [-0.1, -0.05) is 32.0 Å². The standard InChI is InChI=1S/C24H29F3N2O4S/c1-23(2,18-5-4-6-19(15-18)24(25,26)27)16-28-22(30)17-11-13-29(14-12-17)34(31,32)21-9-7-20(33-3)8-10-21/h4-10,15,17H,11-14,16H2,1-3H3,(H,28,30). The highest BCUT2D eigenvalue weighted by Crippen LogP contribution is 2.33. The number of carbonyl (C=O) groups is 1. The predicted octanol–water partition coefficient (Wildman–Crippen LogP) is 4.21. The number of ether oxygens (including phenoxy) is 1. The van der Waals surface area contributed by atoms with Crippen molar-refractivity contribution in [2.24, 2.45) is 5.92 Å². The van der Waals surface area contributed by atoms with Gasteiger partial charge in [0.05, 0.1) is 17.6 Å². The number of sulfonamides is 1. The van der Waals surface area contributed by atoms with Gasteiger partial charge in [0, 0.05) is 31.0 Å². The Morgan fingerprint density at radius 2 is 1.65 bits per heavy atom. The molecule has 1 saturated heterocycles. The number of nitrogens with zero attached hydrogens (tertiary/aromatic N) is 1. The summed E-state index contributed by atoms with van der Waals surface area (Å²) in [6.45, 7) is 4.13. The Bertz CT molecular complexity index is 1110. The van der Waals surface area contributed by atoms with Crippen LogP contribution in [0.3, 0.4) is 0 Å². The van der Waals surface area contributed by atoms with Crippen molar-refractivity contribution in [3.63, 3.8) is 0 Å². The summed E-state index contributed by atoms with van der Waals surface area (Å²) in [6.07, 6.45) is -3.70. The molecule has 6 nitrogen and oxygen atoms in total. The average Bonchev–Trinajstić information content (AvgIpc) is 2.82. The van der Waals surface area contributed by atoms with Gasteiger partial charge >= 0.3 is 6.18 Å². The normalized spacial score (nSPS) is 16.3. The molecule has 0 unspecified atom stereocenters. The van der Waals surface area contributed by atoms with Gasteiger partial charge in [0.1, 0.15) is 5.75 Å². The van der Waals surface area contributed by atoms with E-state index in [4.69, 9.17) is 4.74 Å². The second-order valence-corrected chi connectivity index (χ2v) is 11.0. The van der Waals surface area contributed by atoms with Crippen LogP contribution in [0.1, 0.15) is 37.8 Å². The number of nitrogens with one attached hydrogen (secondary N) is 1. The quantitative estimate of drug-likeness (QED) is 0.621. The van der Waals surface area contributed by atoms with E-state index in [1.165, 1.54) is 29.6 Å². The molecule has 186 valence electrons. The van der Waals surface area contributed by atoms with Crippen LogP contribution >= 0.6 is 0 Å². The number of hydrogen-bond donors (Lipinski definition) is 1. The Morgan fingerprint density at radius 1 is 1.06 bits per heavy atom. The van der Waals surface area contributed by atoms with Crippen LogP contribution in [0.4, 0.5) is 13.2 Å². The van der Waals surface area contributed by atoms with Crippen LogP contribution in [0.15, 0.2) is 53.4 Å². The summed E-state index contributed by atoms with van der Waals surface area (Å²) in [5.74, 6) is -0.0245. The van der Waals surface area contributed by atoms with Gasteiger partial charge < -0.3 is 10.1 Å². The molecule has 1 aliphatic rings. The maximum Gasteiger partial charge on any atom is 0.416 e. The molecule has 0 atom stereocenters. The molecule has 1 fully saturated rings. The minimum atomic E-state index is -4.44. The Hall–Kier alpha value is -2.59. The first-order valence-electron chi connectivity index (χ1n) is 10.9. The lowest BCUT2D eigenvalue weighted by Gasteiger charge is -2.32. The van der Waals surface area contributed by atoms with Gasteiger partial charge in [0.25, 0.3) is 0 Å². The van der Waals surface area contributed by atoms with E-state index in [0.717, 1.165) is 12.1 Å². The van der Waals surface area contributed by atoms with Crippen LogP contribution in [0, 0.1) is 5.92 Å². The second-order valence-electron chi connectivity index (χ2n) is 9.03. The first-order chi connectivity index (χ1) is 15.8. The van der Waals surface area contributed by atoms with Crippen LogP contribution < -0.4 is 10.1 Å². The van der Waals surface area contributed by atoms with Gasteiger partial charge in [-0.25, -0.2) is 8.42 Å². The molecule has 2 aromatic rings. The lowest BCUT2D eigenvalue weighted by Crippen LogP contribution is -2.45. The van der Waals surface area contributed by atoms with Crippen molar-refractivity contribution in [1.29, 1.82) is 0 Å². The van der Waals surface area contributed by atoms with Crippen LogP contribution in [0.25, 0.3) is 0 Å². The van der Waals surface area contributed by atoms with E-state index in [0.29, 0.717) is 24.2 Å². The summed E-state index contributed by atoms with van der Waals surface area (Å²) < 4.78 is 71.3. The highest BCUT2D eigenvalue weighted by molar-refractivity contribution is 7.89. The number of benzene rings is 2. The molecule has 0 bridgehead atoms. The lowest BCUT2D eigenvalue weighted by molar-refractivity contribution is -0.137. The Kier molecular flexibility index (Phi) is 7.62. The number of hydrogen-bond acceptors (Lipinski definition) is 4. The minimum absolute atomic E-state index is 0.164. The third kappa shape index (κ3) is 5.90. The molecule has 0 aliphatic carbocycles. The molecule has 34 heavy (non-hydrogen) atoms. The fourth-order valence-electron chi connectivity index (χ4n) is 3.93. The number of methoxy groups -OCH3 is 1. The van der Waals surface area contributed by atoms with E-state index in [1.54, 1.807) is 32.0 Å². The predicted molar refractivity (Wildman–Crippen MR) is 122 cm³/mol. The van der Waals surface area contributed by atoms with Gasteiger partial charge in [0.2, 0.25) is 15.9 Å². The van der Waals surface area contributed by atoms with Crippen LogP contribution in [-0.4, -0.2) is 45.4 Å². The number of alkyl halides is 3. The number of rotatable bonds is 7. The number of piperidine rings is 1. The highest BCUT2D eigenvalue weighted by atomic mass is 32.2. The first kappa shape index (κ1) is 26.0. The average molecular weight is 499 g/mol. The van der Waals surface area contributed by atoms with Gasteiger partial charge in [0.15, 0.2) is 0 Å². The van der Waals surface area contributed by atoms with Crippen LogP contribution in [0.5, 0.6) is 5.75 Å². The van der Waals surface area contributed by atoms with Crippen molar-refractivity contribution in [3.8, 4) is 5.75 Å². The smallest absolute Gasteiger partial charge is 0.416 e. The molecule has 1 amide bonds. The Morgan fingerprint density at radius 3 is 2.21 bits per heavy atom. The van der Waals surface area contributed by atoms with Gasteiger partial charge in [-0.05, 0) is 48.7 Å². The van der Waals surface area contributed by atoms with E-state index < -0.39 is 27.2 Å². The molecule has 10 heteroatoms. The van der Waals surface area contributed by atoms with Crippen LogP contribution in [0.2, 0.25) is 0 Å². The summed E-state index contributed by atoms with van der Waals surface area (Å²) in [4.78, 5) is 12.9. The SMILES string of the molecule is COc1ccc(S(=O)(=O)N2CCC(C(=O)NCC(C)(C)c3cccc(C(F)(F)F)c3)CC2)cc1. The zero-order valence-corrected chi connectivity index (χ0v) is 20.2. The second kappa shape index (κ2) is 9.95. The van der Waals surface area contributed by atoms with Crippen molar-refractivity contribution in [2.75, 3.05) is 26.7 Å². The van der Waals surface area contributed by atoms with Crippen molar-refractivity contribution < 1.29 is 31.1 Å². The van der Waals surface area contributed by atoms with E-state index in [2.05, 4.69) is 5.32 Å². The molecule has 0 spiro atoms. The molecular weight excluding hydrogens is 469 g/mol. The summed E-state index contributed by atoms with van der Waals surface area (Å²) in [5.41, 5.74) is -0.965. The number of carbonyl (C=O) groups excluding carboxylic acids is 1. The Balaban J connectivity index is 1.57. The van der Waals surface area contributed by atoms with E-state index >= 15 is 0 Å². The summed E-state index contributed by atoms with van der Waals surface area (Å²) >= 11 is 0. The summed E-state index contributed by atoms with van der Waals surface area (Å²) in [5, 5.41) is 2.85. The molecule has 2 aromatic carbocycles. The number of halogens is 3. The van der Waals surface area contributed by atoms with Gasteiger partial charge in [-0.2, -0.15) is 17.5 Å². The van der Waals surface area contributed by atoms with E-state index in [-0.39, 0.29) is 36.4 Å². The minimum Gasteiger partial charge on any atom is -0.497 e. The van der Waals surface area contributed by atoms with Gasteiger partial charge in [-0.15, -0.1) is 0 Å². The van der Waals surface area contributed by atoms with Crippen molar-refractivity contribution in [3.05, 3.63) is 59.7 Å². The molecule has 3 rings (SSSR count). The van der Waals surface area contributed by atoms with Gasteiger partial charge in [-0.3, -0.25) is 4.79 Å². The van der Waals surface area contributed by atoms with E-state index in [9.17, 15) is 26.4 Å². The largest absolute Gasteiger partial charge is 0.497 e. The van der Waals surface area contributed by atoms with Crippen molar-refractivity contribution in [1.82, 2.24) is 9.62 Å². The lowest BCUT2D eigenvalue weighted by atomic mass is 9.83. The van der Waals surface area contributed by atoms with Crippen LogP contribution in [-0.2, 0) is 26.4 Å². The third-order valence-electron chi connectivity index (χ3n) is 6.20. The molecule has 1 aliphatic heterocycles. The molecular formula is C24H29F3N2O4S. The molecule has 1 N–H and O–H groups in total. The fraction of sp³-hybridized carbons (Fsp3) is 0.458. The molecule has 0 aromatic heterocycles. The third-order valence-corrected chi connectivity index (χ3v) is 8.11. The maximum atomic E-state index is 13.0. The maximum absolute atomic E-state index is 13.0. The monoisotopic (exact) mass is 498 g/mol. The zero-order valence-electron chi connectivity index (χ0n) is 19.4. The Labute approximate surface area is 198 Å². The molecule has 0 saturated carbocycles. The van der Waals surface area contributed by atoms with E-state index in [1.807, 2.05) is 0 Å². The van der Waals surface area contributed by atoms with Crippen molar-refractivity contribution in [2.45, 2.75) is 43.2 Å². The molecule has 1 heterocycles. The van der Waals surface area contributed by atoms with Crippen molar-refractivity contribution >= 4 is 15.9 Å². The summed E-state index contributed by atoms with van der Waals surface area (Å²) in [6, 6.07) is 11.2. The highest BCUT2D eigenvalue weighted by Gasteiger charge is 2.34. The molecule has 0 radical (unpaired) electrons. The zero-order chi connectivity index (χ0) is 25.1. The topological polar surface area (TPSA) is 75.7 Å². The summed E-state index contributed by atoms with van der Waals surface area (Å²) in [7, 11) is -2.17. The number of amides is 1. The first-order valence-corrected chi connectivity index (χ1v) is 12.4.